The van der Waals surface area contributed by atoms with Gasteiger partial charge in [-0.15, -0.1) is 22.7 Å². The van der Waals surface area contributed by atoms with Gasteiger partial charge in [-0.1, -0.05) is 0 Å². The molecule has 1 N–H and O–H groups in total. The Morgan fingerprint density at radius 3 is 3.00 bits per heavy atom. The molecule has 0 bridgehead atoms. The van der Waals surface area contributed by atoms with Gasteiger partial charge in [0, 0.05) is 18.0 Å². The Balaban J connectivity index is 1.53. The van der Waals surface area contributed by atoms with Crippen LogP contribution in [0.2, 0.25) is 0 Å². The fraction of sp³-hybridized carbons (Fsp3) is 0.474. The van der Waals surface area contributed by atoms with E-state index in [4.69, 9.17) is 9.72 Å². The summed E-state index contributed by atoms with van der Waals surface area (Å²) in [6.07, 6.45) is 1.26. The monoisotopic (exact) mass is 388 g/mol. The van der Waals surface area contributed by atoms with Gasteiger partial charge in [-0.05, 0) is 50.6 Å². The van der Waals surface area contributed by atoms with E-state index in [1.54, 1.807) is 29.8 Å². The first kappa shape index (κ1) is 17.9. The maximum Gasteiger partial charge on any atom is 0.120 e. The highest BCUT2D eigenvalue weighted by Crippen LogP contribution is 2.28. The maximum atomic E-state index is 5.34. The SMILES string of the molecule is COc1ccc2nc(CN(Cc3scnc3C)CC3CCNC3)sc2c1. The van der Waals surface area contributed by atoms with Gasteiger partial charge in [0.15, 0.2) is 0 Å². The van der Waals surface area contributed by atoms with Crippen LogP contribution in [-0.2, 0) is 13.1 Å². The van der Waals surface area contributed by atoms with Crippen LogP contribution in [0.1, 0.15) is 22.0 Å². The van der Waals surface area contributed by atoms with Gasteiger partial charge in [0.1, 0.15) is 10.8 Å². The van der Waals surface area contributed by atoms with E-state index in [1.807, 2.05) is 17.6 Å². The van der Waals surface area contributed by atoms with Gasteiger partial charge in [-0.2, -0.15) is 0 Å². The first-order valence-electron chi connectivity index (χ1n) is 8.97. The molecular weight excluding hydrogens is 364 g/mol. The van der Waals surface area contributed by atoms with E-state index in [2.05, 4.69) is 28.2 Å². The van der Waals surface area contributed by atoms with Gasteiger partial charge in [0.2, 0.25) is 0 Å². The van der Waals surface area contributed by atoms with Crippen molar-refractivity contribution in [1.29, 1.82) is 0 Å². The second-order valence-electron chi connectivity index (χ2n) is 6.83. The second kappa shape index (κ2) is 8.00. The maximum absolute atomic E-state index is 5.34. The third kappa shape index (κ3) is 4.06. The fourth-order valence-corrected chi connectivity index (χ4v) is 5.30. The van der Waals surface area contributed by atoms with Crippen LogP contribution in [0, 0.1) is 12.8 Å². The van der Waals surface area contributed by atoms with E-state index in [1.165, 1.54) is 21.0 Å². The zero-order valence-electron chi connectivity index (χ0n) is 15.2. The Kier molecular flexibility index (Phi) is 5.49. The molecule has 1 aromatic carbocycles. The van der Waals surface area contributed by atoms with E-state index >= 15 is 0 Å². The van der Waals surface area contributed by atoms with Crippen molar-refractivity contribution in [3.05, 3.63) is 39.3 Å². The fourth-order valence-electron chi connectivity index (χ4n) is 3.44. The molecule has 1 aliphatic rings. The van der Waals surface area contributed by atoms with Crippen LogP contribution >= 0.6 is 22.7 Å². The number of rotatable bonds is 7. The summed E-state index contributed by atoms with van der Waals surface area (Å²) >= 11 is 3.52. The zero-order chi connectivity index (χ0) is 17.9. The van der Waals surface area contributed by atoms with E-state index in [0.717, 1.165) is 55.6 Å². The number of fused-ring (bicyclic) bond motifs is 1. The van der Waals surface area contributed by atoms with Crippen molar-refractivity contribution in [2.24, 2.45) is 5.92 Å². The summed E-state index contributed by atoms with van der Waals surface area (Å²) in [5.41, 5.74) is 4.16. The summed E-state index contributed by atoms with van der Waals surface area (Å²) in [6, 6.07) is 6.11. The summed E-state index contributed by atoms with van der Waals surface area (Å²) in [5.74, 6) is 1.61. The van der Waals surface area contributed by atoms with Crippen molar-refractivity contribution in [2.45, 2.75) is 26.4 Å². The molecule has 3 heterocycles. The molecule has 1 saturated heterocycles. The summed E-state index contributed by atoms with van der Waals surface area (Å²) < 4.78 is 6.53. The van der Waals surface area contributed by atoms with Crippen molar-refractivity contribution >= 4 is 32.9 Å². The smallest absolute Gasteiger partial charge is 0.120 e. The average molecular weight is 389 g/mol. The molecule has 3 aromatic rings. The molecule has 0 spiro atoms. The first-order valence-corrected chi connectivity index (χ1v) is 10.7. The Morgan fingerprint density at radius 1 is 1.35 bits per heavy atom. The molecule has 1 atom stereocenters. The van der Waals surface area contributed by atoms with Crippen LogP contribution < -0.4 is 10.1 Å². The number of aryl methyl sites for hydroxylation is 1. The van der Waals surface area contributed by atoms with Crippen LogP contribution in [0.25, 0.3) is 10.2 Å². The second-order valence-corrected chi connectivity index (χ2v) is 8.89. The quantitative estimate of drug-likeness (QED) is 0.669. The molecule has 0 radical (unpaired) electrons. The number of benzene rings is 1. The minimum Gasteiger partial charge on any atom is -0.497 e. The van der Waals surface area contributed by atoms with Gasteiger partial charge in [-0.25, -0.2) is 9.97 Å². The summed E-state index contributed by atoms with van der Waals surface area (Å²) in [5, 5.41) is 4.65. The Hall–Kier alpha value is -1.54. The highest BCUT2D eigenvalue weighted by molar-refractivity contribution is 7.18. The Morgan fingerprint density at radius 2 is 2.27 bits per heavy atom. The third-order valence-corrected chi connectivity index (χ3v) is 6.81. The zero-order valence-corrected chi connectivity index (χ0v) is 16.8. The predicted molar refractivity (Wildman–Crippen MR) is 108 cm³/mol. The lowest BCUT2D eigenvalue weighted by atomic mass is 10.1. The molecule has 4 rings (SSSR count). The number of aromatic nitrogens is 2. The van der Waals surface area contributed by atoms with Crippen molar-refractivity contribution < 1.29 is 4.74 Å². The summed E-state index contributed by atoms with van der Waals surface area (Å²) in [4.78, 5) is 13.2. The highest BCUT2D eigenvalue weighted by Gasteiger charge is 2.20. The van der Waals surface area contributed by atoms with Gasteiger partial charge >= 0.3 is 0 Å². The lowest BCUT2D eigenvalue weighted by Gasteiger charge is -2.24. The summed E-state index contributed by atoms with van der Waals surface area (Å²) in [6.45, 7) is 7.30. The number of nitrogens with one attached hydrogen (secondary N) is 1. The molecule has 0 saturated carbocycles. The van der Waals surface area contributed by atoms with Crippen molar-refractivity contribution in [3.8, 4) is 5.75 Å². The lowest BCUT2D eigenvalue weighted by Crippen LogP contribution is -2.29. The topological polar surface area (TPSA) is 50.3 Å². The number of methoxy groups -OCH3 is 1. The number of hydrogen-bond donors (Lipinski definition) is 1. The molecule has 138 valence electrons. The molecule has 7 heteroatoms. The van der Waals surface area contributed by atoms with Crippen LogP contribution in [0.3, 0.4) is 0 Å². The minimum absolute atomic E-state index is 0.720. The lowest BCUT2D eigenvalue weighted by molar-refractivity contribution is 0.222. The van der Waals surface area contributed by atoms with Gasteiger partial charge < -0.3 is 10.1 Å². The largest absolute Gasteiger partial charge is 0.497 e. The van der Waals surface area contributed by atoms with E-state index < -0.39 is 0 Å². The van der Waals surface area contributed by atoms with E-state index in [-0.39, 0.29) is 0 Å². The molecule has 26 heavy (non-hydrogen) atoms. The minimum atomic E-state index is 0.720. The number of nitrogens with zero attached hydrogens (tertiary/aromatic N) is 3. The first-order chi connectivity index (χ1) is 12.7. The molecule has 0 amide bonds. The summed E-state index contributed by atoms with van der Waals surface area (Å²) in [7, 11) is 1.71. The van der Waals surface area contributed by atoms with Crippen molar-refractivity contribution in [3.63, 3.8) is 0 Å². The van der Waals surface area contributed by atoms with Gasteiger partial charge in [0.05, 0.1) is 35.1 Å². The number of ether oxygens (including phenoxy) is 1. The predicted octanol–water partition coefficient (Wildman–Crippen LogP) is 3.68. The highest BCUT2D eigenvalue weighted by atomic mass is 32.1. The van der Waals surface area contributed by atoms with Crippen LogP contribution in [0.4, 0.5) is 0 Å². The molecule has 1 aliphatic heterocycles. The van der Waals surface area contributed by atoms with Crippen molar-refractivity contribution in [1.82, 2.24) is 20.2 Å². The van der Waals surface area contributed by atoms with E-state index in [9.17, 15) is 0 Å². The van der Waals surface area contributed by atoms with Gasteiger partial charge in [-0.3, -0.25) is 4.90 Å². The standard InChI is InChI=1S/C19H24N4OS2/c1-13-18(25-12-21-13)10-23(9-14-5-6-20-8-14)11-19-22-16-4-3-15(24-2)7-17(16)26-19/h3-4,7,12,14,20H,5-6,8-11H2,1-2H3. The van der Waals surface area contributed by atoms with Crippen LogP contribution in [0.15, 0.2) is 23.7 Å². The Bertz CT molecular complexity index is 869. The van der Waals surface area contributed by atoms with Gasteiger partial charge in [0.25, 0.3) is 0 Å². The molecule has 1 fully saturated rings. The van der Waals surface area contributed by atoms with Crippen LogP contribution in [-0.4, -0.2) is 41.6 Å². The molecule has 1 unspecified atom stereocenters. The molecule has 0 aliphatic carbocycles. The molecule has 5 nitrogen and oxygen atoms in total. The average Bonchev–Trinajstić information content (AvgIpc) is 3.36. The molecular formula is C19H24N4OS2. The number of hydrogen-bond acceptors (Lipinski definition) is 7. The van der Waals surface area contributed by atoms with Crippen molar-refractivity contribution in [2.75, 3.05) is 26.7 Å². The third-order valence-electron chi connectivity index (χ3n) is 4.89. The van der Waals surface area contributed by atoms with Crippen LogP contribution in [0.5, 0.6) is 5.75 Å². The Labute approximate surface area is 162 Å². The normalized spacial score (nSPS) is 17.4. The molecule has 2 aromatic heterocycles. The van der Waals surface area contributed by atoms with E-state index in [0.29, 0.717) is 0 Å². The number of thiazole rings is 2.